The molecule has 0 aliphatic carbocycles. The van der Waals surface area contributed by atoms with Crippen molar-refractivity contribution < 1.29 is 0 Å². The van der Waals surface area contributed by atoms with Crippen LogP contribution >= 0.6 is 0 Å². The molecule has 0 aliphatic heterocycles. The van der Waals surface area contributed by atoms with Crippen LogP contribution in [0.1, 0.15) is 38.6 Å². The van der Waals surface area contributed by atoms with E-state index in [4.69, 9.17) is 5.73 Å². The van der Waals surface area contributed by atoms with E-state index in [1.807, 2.05) is 13.8 Å². The maximum Gasteiger partial charge on any atom is 0.182 e. The molecule has 1 heterocycles. The van der Waals surface area contributed by atoms with Crippen molar-refractivity contribution in [3.05, 3.63) is 33.7 Å². The van der Waals surface area contributed by atoms with Gasteiger partial charge in [-0.25, -0.2) is 0 Å². The lowest BCUT2D eigenvalue weighted by atomic mass is 9.89. The van der Waals surface area contributed by atoms with Gasteiger partial charge >= 0.3 is 0 Å². The van der Waals surface area contributed by atoms with Crippen molar-refractivity contribution in [2.24, 2.45) is 11.7 Å². The number of aromatic nitrogens is 1. The van der Waals surface area contributed by atoms with Crippen LogP contribution in [0.4, 0.5) is 0 Å². The summed E-state index contributed by atoms with van der Waals surface area (Å²) in [5, 5.41) is 0. The molecule has 3 nitrogen and oxygen atoms in total. The molecule has 0 aromatic carbocycles. The molecule has 1 rings (SSSR count). The fourth-order valence-corrected chi connectivity index (χ4v) is 2.86. The SMILES string of the molecule is Cc1cc(=O)cc(C)n1C(C)(CN)CC(C)C. The maximum atomic E-state index is 11.5. The highest BCUT2D eigenvalue weighted by Crippen LogP contribution is 2.26. The molecule has 1 atom stereocenters. The summed E-state index contributed by atoms with van der Waals surface area (Å²) in [5.41, 5.74) is 7.90. The molecule has 96 valence electrons. The summed E-state index contributed by atoms with van der Waals surface area (Å²) in [6.45, 7) is 11.1. The molecular formula is C14H24N2O. The first-order chi connectivity index (χ1) is 7.80. The van der Waals surface area contributed by atoms with Crippen LogP contribution in [-0.2, 0) is 5.54 Å². The quantitative estimate of drug-likeness (QED) is 0.871. The first-order valence-corrected chi connectivity index (χ1v) is 6.21. The summed E-state index contributed by atoms with van der Waals surface area (Å²) < 4.78 is 2.20. The van der Waals surface area contributed by atoms with E-state index in [1.165, 1.54) is 0 Å². The van der Waals surface area contributed by atoms with E-state index in [0.717, 1.165) is 17.8 Å². The first-order valence-electron chi connectivity index (χ1n) is 6.21. The Bertz CT molecular complexity index is 422. The largest absolute Gasteiger partial charge is 0.342 e. The van der Waals surface area contributed by atoms with Crippen molar-refractivity contribution in [2.45, 2.75) is 46.6 Å². The molecule has 2 N–H and O–H groups in total. The second kappa shape index (κ2) is 5.05. The Hall–Kier alpha value is -1.09. The minimum atomic E-state index is -0.115. The van der Waals surface area contributed by atoms with Gasteiger partial charge in [0.2, 0.25) is 0 Å². The molecule has 0 amide bonds. The van der Waals surface area contributed by atoms with Gasteiger partial charge in [-0.1, -0.05) is 13.8 Å². The highest BCUT2D eigenvalue weighted by Gasteiger charge is 2.27. The van der Waals surface area contributed by atoms with E-state index in [2.05, 4.69) is 25.3 Å². The van der Waals surface area contributed by atoms with Gasteiger partial charge in [0, 0.05) is 30.1 Å². The van der Waals surface area contributed by atoms with E-state index in [1.54, 1.807) is 12.1 Å². The second-order valence-corrected chi connectivity index (χ2v) is 5.61. The highest BCUT2D eigenvalue weighted by atomic mass is 16.1. The highest BCUT2D eigenvalue weighted by molar-refractivity contribution is 5.16. The zero-order valence-corrected chi connectivity index (χ0v) is 11.6. The molecule has 1 aromatic heterocycles. The van der Waals surface area contributed by atoms with Crippen LogP contribution in [0, 0.1) is 19.8 Å². The van der Waals surface area contributed by atoms with Crippen molar-refractivity contribution in [1.82, 2.24) is 4.57 Å². The zero-order chi connectivity index (χ0) is 13.2. The van der Waals surface area contributed by atoms with Crippen LogP contribution in [0.5, 0.6) is 0 Å². The summed E-state index contributed by atoms with van der Waals surface area (Å²) in [6.07, 6.45) is 1.01. The zero-order valence-electron chi connectivity index (χ0n) is 11.6. The lowest BCUT2D eigenvalue weighted by Crippen LogP contribution is -2.42. The van der Waals surface area contributed by atoms with Crippen molar-refractivity contribution in [2.75, 3.05) is 6.54 Å². The molecule has 0 aliphatic rings. The summed E-state index contributed by atoms with van der Waals surface area (Å²) in [5.74, 6) is 0.571. The molecule has 3 heteroatoms. The number of aryl methyl sites for hydroxylation is 2. The van der Waals surface area contributed by atoms with Crippen LogP contribution in [-0.4, -0.2) is 11.1 Å². The number of nitrogens with zero attached hydrogens (tertiary/aromatic N) is 1. The van der Waals surface area contributed by atoms with E-state index in [9.17, 15) is 4.79 Å². The fourth-order valence-electron chi connectivity index (χ4n) is 2.86. The maximum absolute atomic E-state index is 11.5. The lowest BCUT2D eigenvalue weighted by Gasteiger charge is -2.36. The third-order valence-corrected chi connectivity index (χ3v) is 3.24. The van der Waals surface area contributed by atoms with Crippen LogP contribution in [0.15, 0.2) is 16.9 Å². The van der Waals surface area contributed by atoms with Gasteiger partial charge in [0.15, 0.2) is 5.43 Å². The van der Waals surface area contributed by atoms with Gasteiger partial charge in [-0.3, -0.25) is 4.79 Å². The average molecular weight is 236 g/mol. The van der Waals surface area contributed by atoms with Crippen molar-refractivity contribution in [3.63, 3.8) is 0 Å². The van der Waals surface area contributed by atoms with Crippen LogP contribution < -0.4 is 11.2 Å². The van der Waals surface area contributed by atoms with Crippen molar-refractivity contribution in [1.29, 1.82) is 0 Å². The second-order valence-electron chi connectivity index (χ2n) is 5.61. The minimum Gasteiger partial charge on any atom is -0.342 e. The Labute approximate surface area is 104 Å². The smallest absolute Gasteiger partial charge is 0.182 e. The molecule has 0 saturated heterocycles. The molecule has 0 saturated carbocycles. The summed E-state index contributed by atoms with van der Waals surface area (Å²) >= 11 is 0. The fraction of sp³-hybridized carbons (Fsp3) is 0.643. The monoisotopic (exact) mass is 236 g/mol. The van der Waals surface area contributed by atoms with Gasteiger partial charge in [-0.15, -0.1) is 0 Å². The molecule has 17 heavy (non-hydrogen) atoms. The molecule has 0 spiro atoms. The predicted octanol–water partition coefficient (Wildman–Crippen LogP) is 2.19. The summed E-state index contributed by atoms with van der Waals surface area (Å²) in [6, 6.07) is 3.36. The number of hydrogen-bond acceptors (Lipinski definition) is 2. The average Bonchev–Trinajstić information content (AvgIpc) is 2.14. The Morgan fingerprint density at radius 1 is 1.29 bits per heavy atom. The summed E-state index contributed by atoms with van der Waals surface area (Å²) in [7, 11) is 0. The Morgan fingerprint density at radius 2 is 1.76 bits per heavy atom. The topological polar surface area (TPSA) is 48.0 Å². The standard InChI is InChI=1S/C14H24N2O/c1-10(2)8-14(5,9-15)16-11(3)6-13(17)7-12(16)4/h6-7,10H,8-9,15H2,1-5H3. The van der Waals surface area contributed by atoms with E-state index in [-0.39, 0.29) is 11.0 Å². The van der Waals surface area contributed by atoms with Crippen molar-refractivity contribution in [3.8, 4) is 0 Å². The molecule has 1 unspecified atom stereocenters. The molecule has 1 aromatic rings. The van der Waals surface area contributed by atoms with Crippen LogP contribution in [0.2, 0.25) is 0 Å². The first kappa shape index (κ1) is 14.0. The number of nitrogens with two attached hydrogens (primary N) is 1. The number of hydrogen-bond donors (Lipinski definition) is 1. The number of pyridine rings is 1. The normalized spacial score (nSPS) is 15.0. The van der Waals surface area contributed by atoms with E-state index < -0.39 is 0 Å². The number of rotatable bonds is 4. The summed E-state index contributed by atoms with van der Waals surface area (Å²) in [4.78, 5) is 11.5. The van der Waals surface area contributed by atoms with Gasteiger partial charge in [0.1, 0.15) is 0 Å². The van der Waals surface area contributed by atoms with Crippen LogP contribution in [0.25, 0.3) is 0 Å². The Balaban J connectivity index is 3.34. The van der Waals surface area contributed by atoms with Gasteiger partial charge in [-0.05, 0) is 33.1 Å². The lowest BCUT2D eigenvalue weighted by molar-refractivity contribution is 0.255. The van der Waals surface area contributed by atoms with Gasteiger partial charge in [0.25, 0.3) is 0 Å². The van der Waals surface area contributed by atoms with E-state index in [0.29, 0.717) is 12.5 Å². The third kappa shape index (κ3) is 2.97. The van der Waals surface area contributed by atoms with Crippen molar-refractivity contribution >= 4 is 0 Å². The molecule has 0 radical (unpaired) electrons. The Morgan fingerprint density at radius 3 is 2.12 bits per heavy atom. The third-order valence-electron chi connectivity index (χ3n) is 3.24. The van der Waals surface area contributed by atoms with Gasteiger partial charge < -0.3 is 10.3 Å². The minimum absolute atomic E-state index is 0.0696. The van der Waals surface area contributed by atoms with Gasteiger partial charge in [0.05, 0.1) is 5.54 Å². The predicted molar refractivity (Wildman–Crippen MR) is 72.3 cm³/mol. The van der Waals surface area contributed by atoms with Crippen LogP contribution in [0.3, 0.4) is 0 Å². The van der Waals surface area contributed by atoms with Gasteiger partial charge in [-0.2, -0.15) is 0 Å². The molecule has 0 bridgehead atoms. The van der Waals surface area contributed by atoms with E-state index >= 15 is 0 Å². The molecular weight excluding hydrogens is 212 g/mol. The Kier molecular flexibility index (Phi) is 4.15. The molecule has 0 fully saturated rings.